The molecule has 1 atom stereocenters. The van der Waals surface area contributed by atoms with Crippen molar-refractivity contribution in [1.29, 1.82) is 0 Å². The first-order chi connectivity index (χ1) is 11.1. The molecule has 1 heterocycles. The number of hydrogen-bond acceptors (Lipinski definition) is 3. The van der Waals surface area contributed by atoms with Crippen molar-refractivity contribution in [3.05, 3.63) is 35.6 Å². The van der Waals surface area contributed by atoms with Gasteiger partial charge in [0.1, 0.15) is 5.82 Å². The molecule has 2 rings (SSSR count). The van der Waals surface area contributed by atoms with Crippen LogP contribution in [0.15, 0.2) is 24.3 Å². The fourth-order valence-electron chi connectivity index (χ4n) is 3.02. The van der Waals surface area contributed by atoms with E-state index in [4.69, 9.17) is 4.74 Å². The maximum atomic E-state index is 12.9. The molecule has 0 saturated carbocycles. The van der Waals surface area contributed by atoms with Crippen LogP contribution in [0, 0.1) is 11.7 Å². The Morgan fingerprint density at radius 3 is 2.61 bits per heavy atom. The van der Waals surface area contributed by atoms with Gasteiger partial charge in [-0.25, -0.2) is 4.39 Å². The normalized spacial score (nSPS) is 17.3. The third-order valence-electron chi connectivity index (χ3n) is 4.43. The van der Waals surface area contributed by atoms with Crippen LogP contribution in [0.1, 0.15) is 44.3 Å². The molecule has 4 nitrogen and oxygen atoms in total. The third kappa shape index (κ3) is 5.29. The number of amides is 1. The summed E-state index contributed by atoms with van der Waals surface area (Å²) >= 11 is 0. The first-order valence-corrected chi connectivity index (χ1v) is 8.41. The van der Waals surface area contributed by atoms with Crippen molar-refractivity contribution < 1.29 is 19.0 Å². The summed E-state index contributed by atoms with van der Waals surface area (Å²) in [4.78, 5) is 14.0. The summed E-state index contributed by atoms with van der Waals surface area (Å²) in [6.07, 6.45) is 2.23. The topological polar surface area (TPSA) is 49.8 Å². The molecule has 0 spiro atoms. The molecule has 1 fully saturated rings. The number of piperidine rings is 1. The van der Waals surface area contributed by atoms with Crippen LogP contribution in [-0.2, 0) is 9.53 Å². The van der Waals surface area contributed by atoms with Crippen LogP contribution in [0.25, 0.3) is 0 Å². The molecule has 1 saturated heterocycles. The van der Waals surface area contributed by atoms with Gasteiger partial charge in [-0.2, -0.15) is 0 Å². The molecule has 1 aliphatic heterocycles. The van der Waals surface area contributed by atoms with Gasteiger partial charge < -0.3 is 14.7 Å². The Morgan fingerprint density at radius 1 is 1.35 bits per heavy atom. The van der Waals surface area contributed by atoms with Crippen LogP contribution < -0.4 is 0 Å². The van der Waals surface area contributed by atoms with E-state index in [0.717, 1.165) is 24.8 Å². The number of halogens is 1. The molecule has 0 aromatic heterocycles. The van der Waals surface area contributed by atoms with Gasteiger partial charge in [-0.05, 0) is 49.8 Å². The van der Waals surface area contributed by atoms with Crippen LogP contribution in [0.2, 0.25) is 0 Å². The second-order valence-corrected chi connectivity index (χ2v) is 6.02. The standard InChI is InChI=1S/C18H26FNO3/c1-2-23-13-3-4-17(21)20-11-9-15(10-12-20)18(22)14-5-7-16(19)8-6-14/h5-8,15,18,22H,2-4,9-13H2,1H3. The maximum absolute atomic E-state index is 12.9. The number of aliphatic hydroxyl groups is 1. The van der Waals surface area contributed by atoms with Crippen molar-refractivity contribution in [2.45, 2.75) is 38.7 Å². The Labute approximate surface area is 137 Å². The van der Waals surface area contributed by atoms with E-state index in [1.807, 2.05) is 11.8 Å². The molecule has 0 aliphatic carbocycles. The third-order valence-corrected chi connectivity index (χ3v) is 4.43. The van der Waals surface area contributed by atoms with Gasteiger partial charge in [0.15, 0.2) is 0 Å². The van der Waals surface area contributed by atoms with Crippen molar-refractivity contribution in [2.24, 2.45) is 5.92 Å². The van der Waals surface area contributed by atoms with Crippen LogP contribution in [-0.4, -0.2) is 42.2 Å². The summed E-state index contributed by atoms with van der Waals surface area (Å²) < 4.78 is 18.2. The van der Waals surface area contributed by atoms with E-state index in [0.29, 0.717) is 32.7 Å². The number of aliphatic hydroxyl groups excluding tert-OH is 1. The number of rotatable bonds is 7. The molecule has 1 N–H and O–H groups in total. The highest BCUT2D eigenvalue weighted by Gasteiger charge is 2.28. The first kappa shape index (κ1) is 17.9. The van der Waals surface area contributed by atoms with E-state index in [2.05, 4.69) is 0 Å². The lowest BCUT2D eigenvalue weighted by molar-refractivity contribution is -0.133. The van der Waals surface area contributed by atoms with Gasteiger partial charge in [-0.1, -0.05) is 12.1 Å². The average molecular weight is 323 g/mol. The van der Waals surface area contributed by atoms with E-state index in [1.54, 1.807) is 12.1 Å². The highest BCUT2D eigenvalue weighted by Crippen LogP contribution is 2.31. The molecule has 1 aromatic rings. The number of benzene rings is 1. The molecule has 128 valence electrons. The van der Waals surface area contributed by atoms with E-state index in [9.17, 15) is 14.3 Å². The lowest BCUT2D eigenvalue weighted by Gasteiger charge is -2.34. The molecule has 5 heteroatoms. The van der Waals surface area contributed by atoms with Crippen molar-refractivity contribution in [3.8, 4) is 0 Å². The van der Waals surface area contributed by atoms with Crippen molar-refractivity contribution >= 4 is 5.91 Å². The second kappa shape index (κ2) is 8.99. The summed E-state index contributed by atoms with van der Waals surface area (Å²) in [7, 11) is 0. The lowest BCUT2D eigenvalue weighted by Crippen LogP contribution is -2.39. The van der Waals surface area contributed by atoms with Gasteiger partial charge in [0.05, 0.1) is 6.10 Å². The highest BCUT2D eigenvalue weighted by atomic mass is 19.1. The number of hydrogen-bond donors (Lipinski definition) is 1. The van der Waals surface area contributed by atoms with Crippen molar-refractivity contribution in [3.63, 3.8) is 0 Å². The maximum Gasteiger partial charge on any atom is 0.222 e. The molecule has 23 heavy (non-hydrogen) atoms. The van der Waals surface area contributed by atoms with Crippen LogP contribution >= 0.6 is 0 Å². The first-order valence-electron chi connectivity index (χ1n) is 8.41. The predicted molar refractivity (Wildman–Crippen MR) is 86.4 cm³/mol. The Hall–Kier alpha value is -1.46. The lowest BCUT2D eigenvalue weighted by atomic mass is 9.87. The van der Waals surface area contributed by atoms with Crippen LogP contribution in [0.4, 0.5) is 4.39 Å². The molecular weight excluding hydrogens is 297 g/mol. The highest BCUT2D eigenvalue weighted by molar-refractivity contribution is 5.76. The Balaban J connectivity index is 1.76. The summed E-state index contributed by atoms with van der Waals surface area (Å²) in [6.45, 7) is 4.61. The molecule has 1 aliphatic rings. The quantitative estimate of drug-likeness (QED) is 0.785. The number of likely N-dealkylation sites (tertiary alicyclic amines) is 1. The number of nitrogens with zero attached hydrogens (tertiary/aromatic N) is 1. The summed E-state index contributed by atoms with van der Waals surface area (Å²) in [5.41, 5.74) is 0.743. The minimum Gasteiger partial charge on any atom is -0.388 e. The van der Waals surface area contributed by atoms with E-state index < -0.39 is 6.10 Å². The minimum atomic E-state index is -0.592. The van der Waals surface area contributed by atoms with E-state index >= 15 is 0 Å². The smallest absolute Gasteiger partial charge is 0.222 e. The molecule has 1 aromatic carbocycles. The molecule has 0 radical (unpaired) electrons. The molecule has 0 bridgehead atoms. The van der Waals surface area contributed by atoms with Crippen LogP contribution in [0.5, 0.6) is 0 Å². The zero-order chi connectivity index (χ0) is 16.7. The van der Waals surface area contributed by atoms with E-state index in [-0.39, 0.29) is 17.6 Å². The van der Waals surface area contributed by atoms with Gasteiger partial charge >= 0.3 is 0 Å². The Kier molecular flexibility index (Phi) is 6.99. The minimum absolute atomic E-state index is 0.118. The number of ether oxygens (including phenoxy) is 1. The fourth-order valence-corrected chi connectivity index (χ4v) is 3.02. The van der Waals surface area contributed by atoms with Gasteiger partial charge in [-0.3, -0.25) is 4.79 Å². The molecule has 1 unspecified atom stereocenters. The SMILES string of the molecule is CCOCCCC(=O)N1CCC(C(O)c2ccc(F)cc2)CC1. The largest absolute Gasteiger partial charge is 0.388 e. The van der Waals surface area contributed by atoms with E-state index in [1.165, 1.54) is 12.1 Å². The van der Waals surface area contributed by atoms with Crippen LogP contribution in [0.3, 0.4) is 0 Å². The van der Waals surface area contributed by atoms with Crippen molar-refractivity contribution in [1.82, 2.24) is 4.90 Å². The fraction of sp³-hybridized carbons (Fsp3) is 0.611. The van der Waals surface area contributed by atoms with Gasteiger partial charge in [0.25, 0.3) is 0 Å². The zero-order valence-electron chi connectivity index (χ0n) is 13.7. The van der Waals surface area contributed by atoms with Gasteiger partial charge in [0.2, 0.25) is 5.91 Å². The molecule has 1 amide bonds. The summed E-state index contributed by atoms with van der Waals surface area (Å²) in [6, 6.07) is 6.00. The van der Waals surface area contributed by atoms with Gasteiger partial charge in [0, 0.05) is 32.7 Å². The number of carbonyl (C=O) groups is 1. The summed E-state index contributed by atoms with van der Waals surface area (Å²) in [5.74, 6) is -0.0132. The Morgan fingerprint density at radius 2 is 2.00 bits per heavy atom. The summed E-state index contributed by atoms with van der Waals surface area (Å²) in [5, 5.41) is 10.4. The number of carbonyl (C=O) groups excluding carboxylic acids is 1. The van der Waals surface area contributed by atoms with Crippen molar-refractivity contribution in [2.75, 3.05) is 26.3 Å². The monoisotopic (exact) mass is 323 g/mol. The van der Waals surface area contributed by atoms with Gasteiger partial charge in [-0.15, -0.1) is 0 Å². The Bertz CT molecular complexity index is 484. The zero-order valence-corrected chi connectivity index (χ0v) is 13.7. The molecular formula is C18H26FNO3. The predicted octanol–water partition coefficient (Wildman–Crippen LogP) is 2.91. The second-order valence-electron chi connectivity index (χ2n) is 6.02. The average Bonchev–Trinajstić information content (AvgIpc) is 2.59.